The molecule has 2 rings (SSSR count). The van der Waals surface area contributed by atoms with Crippen LogP contribution in [-0.2, 0) is 4.79 Å². The number of hydrogen-bond donors (Lipinski definition) is 2. The van der Waals surface area contributed by atoms with Crippen LogP contribution in [0.5, 0.6) is 11.5 Å². The van der Waals surface area contributed by atoms with Crippen LogP contribution in [0.2, 0.25) is 0 Å². The summed E-state index contributed by atoms with van der Waals surface area (Å²) in [6.45, 7) is 1.86. The van der Waals surface area contributed by atoms with Crippen molar-refractivity contribution in [3.05, 3.63) is 54.1 Å². The molecule has 0 aliphatic heterocycles. The standard InChI is InChI=1S/C16H18N2O3/c1-12-8-9-14(15(10-12)20-2)21-11-16(19)18-17-13-6-4-3-5-7-13/h3-10,17H,11H2,1-2H3,(H,18,19). The summed E-state index contributed by atoms with van der Waals surface area (Å²) in [4.78, 5) is 11.7. The lowest BCUT2D eigenvalue weighted by molar-refractivity contribution is -0.122. The Morgan fingerprint density at radius 2 is 1.86 bits per heavy atom. The predicted octanol–water partition coefficient (Wildman–Crippen LogP) is 2.53. The molecule has 0 aromatic heterocycles. The van der Waals surface area contributed by atoms with Gasteiger partial charge < -0.3 is 9.47 Å². The van der Waals surface area contributed by atoms with Crippen molar-refractivity contribution < 1.29 is 14.3 Å². The Labute approximate surface area is 123 Å². The number of ether oxygens (including phenoxy) is 2. The maximum atomic E-state index is 11.7. The minimum absolute atomic E-state index is 0.0980. The van der Waals surface area contributed by atoms with Crippen LogP contribution in [0.15, 0.2) is 48.5 Å². The van der Waals surface area contributed by atoms with Crippen molar-refractivity contribution in [3.63, 3.8) is 0 Å². The minimum atomic E-state index is -0.276. The van der Waals surface area contributed by atoms with Gasteiger partial charge in [-0.05, 0) is 36.8 Å². The molecule has 5 nitrogen and oxygen atoms in total. The van der Waals surface area contributed by atoms with Crippen molar-refractivity contribution >= 4 is 11.6 Å². The fraction of sp³-hybridized carbons (Fsp3) is 0.188. The molecule has 0 radical (unpaired) electrons. The number of benzene rings is 2. The highest BCUT2D eigenvalue weighted by molar-refractivity contribution is 5.79. The summed E-state index contributed by atoms with van der Waals surface area (Å²) < 4.78 is 10.7. The topological polar surface area (TPSA) is 59.6 Å². The molecule has 1 amide bonds. The second-order valence-corrected chi connectivity index (χ2v) is 4.48. The van der Waals surface area contributed by atoms with E-state index < -0.39 is 0 Å². The number of nitrogens with one attached hydrogen (secondary N) is 2. The van der Waals surface area contributed by atoms with Crippen LogP contribution in [0.4, 0.5) is 5.69 Å². The van der Waals surface area contributed by atoms with Gasteiger partial charge in [0.1, 0.15) is 0 Å². The molecule has 0 fully saturated rings. The minimum Gasteiger partial charge on any atom is -0.493 e. The maximum absolute atomic E-state index is 11.7. The Hall–Kier alpha value is -2.69. The monoisotopic (exact) mass is 286 g/mol. The van der Waals surface area contributed by atoms with Crippen LogP contribution in [0.3, 0.4) is 0 Å². The SMILES string of the molecule is COc1cc(C)ccc1OCC(=O)NNc1ccccc1. The Morgan fingerprint density at radius 3 is 2.57 bits per heavy atom. The highest BCUT2D eigenvalue weighted by atomic mass is 16.5. The van der Waals surface area contributed by atoms with Gasteiger partial charge in [0.2, 0.25) is 0 Å². The van der Waals surface area contributed by atoms with Crippen LogP contribution in [0, 0.1) is 6.92 Å². The fourth-order valence-electron chi connectivity index (χ4n) is 1.74. The van der Waals surface area contributed by atoms with Crippen molar-refractivity contribution in [1.82, 2.24) is 5.43 Å². The molecule has 0 saturated heterocycles. The van der Waals surface area contributed by atoms with E-state index in [9.17, 15) is 4.79 Å². The highest BCUT2D eigenvalue weighted by Gasteiger charge is 2.07. The van der Waals surface area contributed by atoms with Crippen LogP contribution in [0.25, 0.3) is 0 Å². The molecule has 2 aromatic carbocycles. The van der Waals surface area contributed by atoms with Crippen LogP contribution >= 0.6 is 0 Å². The molecule has 0 saturated carbocycles. The van der Waals surface area contributed by atoms with Crippen LogP contribution in [0.1, 0.15) is 5.56 Å². The van der Waals surface area contributed by atoms with Crippen molar-refractivity contribution in [2.75, 3.05) is 19.1 Å². The first-order valence-electron chi connectivity index (χ1n) is 6.56. The number of para-hydroxylation sites is 1. The first-order valence-corrected chi connectivity index (χ1v) is 6.56. The van der Waals surface area contributed by atoms with Gasteiger partial charge in [-0.3, -0.25) is 15.6 Å². The molecule has 21 heavy (non-hydrogen) atoms. The molecule has 0 atom stereocenters. The molecule has 0 bridgehead atoms. The lowest BCUT2D eigenvalue weighted by atomic mass is 10.2. The third-order valence-electron chi connectivity index (χ3n) is 2.80. The highest BCUT2D eigenvalue weighted by Crippen LogP contribution is 2.27. The van der Waals surface area contributed by atoms with Gasteiger partial charge in [-0.15, -0.1) is 0 Å². The third kappa shape index (κ3) is 4.42. The van der Waals surface area contributed by atoms with E-state index in [1.165, 1.54) is 0 Å². The first-order chi connectivity index (χ1) is 10.2. The number of hydrogen-bond acceptors (Lipinski definition) is 4. The second-order valence-electron chi connectivity index (χ2n) is 4.48. The van der Waals surface area contributed by atoms with Crippen molar-refractivity contribution in [1.29, 1.82) is 0 Å². The summed E-state index contributed by atoms with van der Waals surface area (Å²) in [6.07, 6.45) is 0. The van der Waals surface area contributed by atoms with Gasteiger partial charge in [0.15, 0.2) is 18.1 Å². The molecule has 0 heterocycles. The van der Waals surface area contributed by atoms with Gasteiger partial charge in [-0.1, -0.05) is 24.3 Å². The predicted molar refractivity (Wildman–Crippen MR) is 81.4 cm³/mol. The summed E-state index contributed by atoms with van der Waals surface area (Å²) >= 11 is 0. The van der Waals surface area contributed by atoms with Crippen molar-refractivity contribution in [2.24, 2.45) is 0 Å². The van der Waals surface area contributed by atoms with E-state index >= 15 is 0 Å². The average Bonchev–Trinajstić information content (AvgIpc) is 2.52. The molecular weight excluding hydrogens is 268 g/mol. The van der Waals surface area contributed by atoms with E-state index in [0.717, 1.165) is 11.3 Å². The van der Waals surface area contributed by atoms with Crippen LogP contribution < -0.4 is 20.3 Å². The normalized spacial score (nSPS) is 9.81. The molecular formula is C16H18N2O3. The number of methoxy groups -OCH3 is 1. The lowest BCUT2D eigenvalue weighted by Crippen LogP contribution is -2.33. The van der Waals surface area contributed by atoms with E-state index in [1.54, 1.807) is 13.2 Å². The van der Waals surface area contributed by atoms with Crippen LogP contribution in [-0.4, -0.2) is 19.6 Å². The quantitative estimate of drug-likeness (QED) is 0.801. The fourth-order valence-corrected chi connectivity index (χ4v) is 1.74. The van der Waals surface area contributed by atoms with Gasteiger partial charge in [0.05, 0.1) is 12.8 Å². The number of amides is 1. The number of aryl methyl sites for hydroxylation is 1. The van der Waals surface area contributed by atoms with Crippen molar-refractivity contribution in [3.8, 4) is 11.5 Å². The molecule has 0 unspecified atom stereocenters. The van der Waals surface area contributed by atoms with Gasteiger partial charge >= 0.3 is 0 Å². The molecule has 0 spiro atoms. The Bertz CT molecular complexity index is 600. The number of anilines is 1. The van der Waals surface area contributed by atoms with Gasteiger partial charge in [-0.25, -0.2) is 0 Å². The molecule has 0 aliphatic rings. The smallest absolute Gasteiger partial charge is 0.276 e. The zero-order valence-corrected chi connectivity index (χ0v) is 12.1. The zero-order valence-electron chi connectivity index (χ0n) is 12.1. The number of rotatable bonds is 6. The zero-order chi connectivity index (χ0) is 15.1. The maximum Gasteiger partial charge on any atom is 0.276 e. The second kappa shape index (κ2) is 7.19. The summed E-state index contributed by atoms with van der Waals surface area (Å²) in [5, 5.41) is 0. The summed E-state index contributed by atoms with van der Waals surface area (Å²) in [5.74, 6) is 0.873. The van der Waals surface area contributed by atoms with E-state index in [2.05, 4.69) is 10.9 Å². The first kappa shape index (κ1) is 14.7. The number of carbonyl (C=O) groups is 1. The van der Waals surface area contributed by atoms with Gasteiger partial charge in [0.25, 0.3) is 5.91 Å². The molecule has 110 valence electrons. The number of carbonyl (C=O) groups excluding carboxylic acids is 1. The molecule has 2 N–H and O–H groups in total. The number of hydrazine groups is 1. The van der Waals surface area contributed by atoms with E-state index in [-0.39, 0.29) is 12.5 Å². The van der Waals surface area contributed by atoms with E-state index in [4.69, 9.17) is 9.47 Å². The Kier molecular flexibility index (Phi) is 5.04. The Balaban J connectivity index is 1.84. The summed E-state index contributed by atoms with van der Waals surface area (Å²) in [6, 6.07) is 14.9. The van der Waals surface area contributed by atoms with E-state index in [0.29, 0.717) is 11.5 Å². The largest absolute Gasteiger partial charge is 0.493 e. The van der Waals surface area contributed by atoms with E-state index in [1.807, 2.05) is 49.4 Å². The van der Waals surface area contributed by atoms with Crippen molar-refractivity contribution in [2.45, 2.75) is 6.92 Å². The molecule has 0 aliphatic carbocycles. The lowest BCUT2D eigenvalue weighted by Gasteiger charge is -2.12. The molecule has 5 heteroatoms. The average molecular weight is 286 g/mol. The molecule has 2 aromatic rings. The summed E-state index contributed by atoms with van der Waals surface area (Å²) in [5.41, 5.74) is 7.24. The third-order valence-corrected chi connectivity index (χ3v) is 2.80. The summed E-state index contributed by atoms with van der Waals surface area (Å²) in [7, 11) is 1.57. The van der Waals surface area contributed by atoms with Gasteiger partial charge in [0, 0.05) is 0 Å². The Morgan fingerprint density at radius 1 is 1.10 bits per heavy atom. The van der Waals surface area contributed by atoms with Gasteiger partial charge in [-0.2, -0.15) is 0 Å².